The van der Waals surface area contributed by atoms with Crippen LogP contribution in [0, 0.1) is 0 Å². The average molecular weight is 276 g/mol. The first-order chi connectivity index (χ1) is 9.70. The summed E-state index contributed by atoms with van der Waals surface area (Å²) < 4.78 is 0. The van der Waals surface area contributed by atoms with E-state index in [4.69, 9.17) is 0 Å². The van der Waals surface area contributed by atoms with Crippen molar-refractivity contribution in [2.45, 2.75) is 38.8 Å². The molecule has 0 aliphatic carbocycles. The molecule has 0 unspecified atom stereocenters. The number of nitrogens with zero attached hydrogens (tertiary/aromatic N) is 3. The summed E-state index contributed by atoms with van der Waals surface area (Å²) in [4.78, 5) is 9.37. The summed E-state index contributed by atoms with van der Waals surface area (Å²) in [5.74, 6) is 1.10. The third kappa shape index (κ3) is 4.18. The van der Waals surface area contributed by atoms with E-state index < -0.39 is 0 Å². The fourth-order valence-electron chi connectivity index (χ4n) is 2.71. The fourth-order valence-corrected chi connectivity index (χ4v) is 2.71. The Morgan fingerprint density at radius 1 is 1.35 bits per heavy atom. The summed E-state index contributed by atoms with van der Waals surface area (Å²) in [7, 11) is 4.37. The topological polar surface area (TPSA) is 31.4 Å². The highest BCUT2D eigenvalue weighted by Gasteiger charge is 2.21. The minimum Gasteiger partial charge on any atom is -0.357 e. The summed E-state index contributed by atoms with van der Waals surface area (Å²) in [6.07, 6.45) is 5.64. The van der Waals surface area contributed by atoms with E-state index in [1.807, 2.05) is 6.20 Å². The molecule has 2 rings (SSSR count). The molecule has 0 atom stereocenters. The Bertz CT molecular complexity index is 382. The van der Waals surface area contributed by atoms with Gasteiger partial charge in [0.25, 0.3) is 0 Å². The van der Waals surface area contributed by atoms with E-state index in [0.29, 0.717) is 6.04 Å². The molecular weight excluding hydrogens is 248 g/mol. The maximum absolute atomic E-state index is 4.62. The van der Waals surface area contributed by atoms with Gasteiger partial charge >= 0.3 is 0 Å². The van der Waals surface area contributed by atoms with Crippen molar-refractivity contribution < 1.29 is 0 Å². The Morgan fingerprint density at radius 3 is 2.70 bits per heavy atom. The van der Waals surface area contributed by atoms with Crippen molar-refractivity contribution in [2.24, 2.45) is 0 Å². The van der Waals surface area contributed by atoms with Crippen LogP contribution in [0.15, 0.2) is 18.3 Å². The summed E-state index contributed by atoms with van der Waals surface area (Å²) in [5, 5.41) is 3.41. The van der Waals surface area contributed by atoms with Crippen molar-refractivity contribution in [3.05, 3.63) is 23.9 Å². The third-order valence-corrected chi connectivity index (χ3v) is 4.16. The van der Waals surface area contributed by atoms with E-state index in [1.54, 1.807) is 0 Å². The van der Waals surface area contributed by atoms with Gasteiger partial charge in [0.2, 0.25) is 0 Å². The largest absolute Gasteiger partial charge is 0.357 e. The predicted molar refractivity (Wildman–Crippen MR) is 85.2 cm³/mol. The molecule has 20 heavy (non-hydrogen) atoms. The minimum absolute atomic E-state index is 0.628. The zero-order valence-corrected chi connectivity index (χ0v) is 13.1. The molecule has 1 aliphatic heterocycles. The molecule has 1 aromatic rings. The maximum atomic E-state index is 4.62. The van der Waals surface area contributed by atoms with Crippen LogP contribution in [0.4, 0.5) is 5.82 Å². The second kappa shape index (κ2) is 7.60. The number of hydrogen-bond acceptors (Lipinski definition) is 4. The molecule has 1 N–H and O–H groups in total. The van der Waals surface area contributed by atoms with Crippen LogP contribution in [0.2, 0.25) is 0 Å². The highest BCUT2D eigenvalue weighted by Crippen LogP contribution is 2.19. The predicted octanol–water partition coefficient (Wildman–Crippen LogP) is 2.11. The molecule has 0 aromatic carbocycles. The number of pyridine rings is 1. The van der Waals surface area contributed by atoms with Crippen LogP contribution in [0.3, 0.4) is 0 Å². The molecule has 1 aromatic heterocycles. The number of piperidine rings is 1. The van der Waals surface area contributed by atoms with Crippen molar-refractivity contribution >= 4 is 5.82 Å². The first-order valence-electron chi connectivity index (χ1n) is 7.77. The summed E-state index contributed by atoms with van der Waals surface area (Å²) in [5.41, 5.74) is 1.26. The second-order valence-electron chi connectivity index (χ2n) is 5.85. The Morgan fingerprint density at radius 2 is 2.10 bits per heavy atom. The van der Waals surface area contributed by atoms with Crippen LogP contribution in [0.25, 0.3) is 0 Å². The average Bonchev–Trinajstić information content (AvgIpc) is 2.48. The van der Waals surface area contributed by atoms with Crippen LogP contribution >= 0.6 is 0 Å². The van der Waals surface area contributed by atoms with Crippen molar-refractivity contribution in [3.8, 4) is 0 Å². The first-order valence-corrected chi connectivity index (χ1v) is 7.77. The number of rotatable bonds is 6. The molecule has 0 radical (unpaired) electrons. The van der Waals surface area contributed by atoms with Crippen LogP contribution in [-0.2, 0) is 6.54 Å². The normalized spacial score (nSPS) is 17.4. The van der Waals surface area contributed by atoms with Crippen molar-refractivity contribution in [2.75, 3.05) is 38.6 Å². The second-order valence-corrected chi connectivity index (χ2v) is 5.85. The highest BCUT2D eigenvalue weighted by atomic mass is 15.2. The van der Waals surface area contributed by atoms with Crippen molar-refractivity contribution in [1.82, 2.24) is 15.2 Å². The third-order valence-electron chi connectivity index (χ3n) is 4.16. The van der Waals surface area contributed by atoms with Gasteiger partial charge in [-0.25, -0.2) is 4.98 Å². The molecule has 0 bridgehead atoms. The van der Waals surface area contributed by atoms with Gasteiger partial charge in [0, 0.05) is 25.8 Å². The molecule has 1 saturated heterocycles. The lowest BCUT2D eigenvalue weighted by Crippen LogP contribution is -2.42. The van der Waals surface area contributed by atoms with Crippen LogP contribution in [0.5, 0.6) is 0 Å². The van der Waals surface area contributed by atoms with E-state index in [-0.39, 0.29) is 0 Å². The zero-order valence-electron chi connectivity index (χ0n) is 13.1. The van der Waals surface area contributed by atoms with E-state index in [2.05, 4.69) is 53.3 Å². The number of anilines is 1. The van der Waals surface area contributed by atoms with Crippen molar-refractivity contribution in [1.29, 1.82) is 0 Å². The minimum atomic E-state index is 0.628. The molecular formula is C16H28N4. The summed E-state index contributed by atoms with van der Waals surface area (Å²) in [6, 6.07) is 4.97. The lowest BCUT2D eigenvalue weighted by atomic mass is 10.0. The first kappa shape index (κ1) is 15.3. The van der Waals surface area contributed by atoms with Gasteiger partial charge in [0.15, 0.2) is 0 Å². The summed E-state index contributed by atoms with van der Waals surface area (Å²) >= 11 is 0. The molecule has 2 heterocycles. The standard InChI is InChI=1S/C16H28N4/c1-4-9-17-12-14-5-6-16(18-13-14)20(3)15-7-10-19(2)11-8-15/h5-6,13,15,17H,4,7-12H2,1-3H3. The molecule has 0 amide bonds. The summed E-state index contributed by atoms with van der Waals surface area (Å²) in [6.45, 7) is 6.54. The van der Waals surface area contributed by atoms with E-state index in [0.717, 1.165) is 18.9 Å². The van der Waals surface area contributed by atoms with Crippen molar-refractivity contribution in [3.63, 3.8) is 0 Å². The zero-order chi connectivity index (χ0) is 14.4. The van der Waals surface area contributed by atoms with Gasteiger partial charge in [-0.15, -0.1) is 0 Å². The monoisotopic (exact) mass is 276 g/mol. The van der Waals surface area contributed by atoms with Gasteiger partial charge < -0.3 is 15.1 Å². The number of aromatic nitrogens is 1. The van der Waals surface area contributed by atoms with Crippen LogP contribution in [-0.4, -0.2) is 49.7 Å². The van der Waals surface area contributed by atoms with Gasteiger partial charge in [0.05, 0.1) is 0 Å². The molecule has 112 valence electrons. The molecule has 4 heteroatoms. The smallest absolute Gasteiger partial charge is 0.128 e. The lowest BCUT2D eigenvalue weighted by molar-refractivity contribution is 0.252. The Kier molecular flexibility index (Phi) is 5.80. The van der Waals surface area contributed by atoms with Gasteiger partial charge in [-0.1, -0.05) is 13.0 Å². The number of likely N-dealkylation sites (tertiary alicyclic amines) is 1. The Hall–Kier alpha value is -1.13. The van der Waals surface area contributed by atoms with E-state index in [1.165, 1.54) is 37.9 Å². The molecule has 0 spiro atoms. The van der Waals surface area contributed by atoms with E-state index in [9.17, 15) is 0 Å². The van der Waals surface area contributed by atoms with Gasteiger partial charge in [-0.3, -0.25) is 0 Å². The molecule has 1 fully saturated rings. The maximum Gasteiger partial charge on any atom is 0.128 e. The van der Waals surface area contributed by atoms with Crippen LogP contribution < -0.4 is 10.2 Å². The fraction of sp³-hybridized carbons (Fsp3) is 0.688. The quantitative estimate of drug-likeness (QED) is 0.806. The number of hydrogen-bond donors (Lipinski definition) is 1. The Labute approximate surface area is 123 Å². The molecule has 0 saturated carbocycles. The van der Waals surface area contributed by atoms with Gasteiger partial charge in [0.1, 0.15) is 5.82 Å². The van der Waals surface area contributed by atoms with Crippen LogP contribution in [0.1, 0.15) is 31.7 Å². The SMILES string of the molecule is CCCNCc1ccc(N(C)C2CCN(C)CC2)nc1. The van der Waals surface area contributed by atoms with Gasteiger partial charge in [-0.2, -0.15) is 0 Å². The Balaban J connectivity index is 1.88. The highest BCUT2D eigenvalue weighted by molar-refractivity contribution is 5.39. The lowest BCUT2D eigenvalue weighted by Gasteiger charge is -2.35. The molecule has 4 nitrogen and oxygen atoms in total. The molecule has 1 aliphatic rings. The number of nitrogens with one attached hydrogen (secondary N) is 1. The van der Waals surface area contributed by atoms with Gasteiger partial charge in [-0.05, 0) is 57.6 Å². The van der Waals surface area contributed by atoms with E-state index >= 15 is 0 Å².